The SMILES string of the molecule is CCc1cc(CC(O)C(OC)c2ccccc2)n(CC)n1. The highest BCUT2D eigenvalue weighted by Crippen LogP contribution is 2.23. The minimum Gasteiger partial charge on any atom is -0.390 e. The van der Waals surface area contributed by atoms with E-state index in [9.17, 15) is 5.11 Å². The van der Waals surface area contributed by atoms with E-state index in [-0.39, 0.29) is 6.10 Å². The zero-order chi connectivity index (χ0) is 15.2. The van der Waals surface area contributed by atoms with Crippen molar-refractivity contribution in [3.8, 4) is 0 Å². The van der Waals surface area contributed by atoms with E-state index in [1.165, 1.54) is 0 Å². The Bertz CT molecular complexity index is 551. The summed E-state index contributed by atoms with van der Waals surface area (Å²) in [5, 5.41) is 15.1. The number of aliphatic hydroxyl groups excluding tert-OH is 1. The lowest BCUT2D eigenvalue weighted by molar-refractivity contribution is -0.0137. The van der Waals surface area contributed by atoms with Crippen LogP contribution in [0.25, 0.3) is 0 Å². The Balaban J connectivity index is 2.16. The summed E-state index contributed by atoms with van der Waals surface area (Å²) >= 11 is 0. The molecule has 2 unspecified atom stereocenters. The van der Waals surface area contributed by atoms with Crippen LogP contribution in [0.2, 0.25) is 0 Å². The van der Waals surface area contributed by atoms with E-state index < -0.39 is 6.10 Å². The summed E-state index contributed by atoms with van der Waals surface area (Å²) in [5.74, 6) is 0. The highest BCUT2D eigenvalue weighted by molar-refractivity contribution is 5.20. The monoisotopic (exact) mass is 288 g/mol. The van der Waals surface area contributed by atoms with Crippen molar-refractivity contribution < 1.29 is 9.84 Å². The van der Waals surface area contributed by atoms with Crippen molar-refractivity contribution in [2.75, 3.05) is 7.11 Å². The van der Waals surface area contributed by atoms with Crippen LogP contribution < -0.4 is 0 Å². The van der Waals surface area contributed by atoms with Crippen molar-refractivity contribution in [1.29, 1.82) is 0 Å². The molecule has 1 N–H and O–H groups in total. The molecule has 1 heterocycles. The first kappa shape index (κ1) is 15.7. The normalized spacial score (nSPS) is 14.1. The maximum Gasteiger partial charge on any atom is 0.108 e. The summed E-state index contributed by atoms with van der Waals surface area (Å²) in [5.41, 5.74) is 3.11. The molecule has 21 heavy (non-hydrogen) atoms. The third kappa shape index (κ3) is 3.71. The van der Waals surface area contributed by atoms with E-state index in [0.717, 1.165) is 29.9 Å². The summed E-state index contributed by atoms with van der Waals surface area (Å²) in [6, 6.07) is 11.9. The number of rotatable bonds is 7. The number of ether oxygens (including phenoxy) is 1. The molecule has 0 radical (unpaired) electrons. The smallest absolute Gasteiger partial charge is 0.108 e. The van der Waals surface area contributed by atoms with E-state index in [2.05, 4.69) is 25.0 Å². The van der Waals surface area contributed by atoms with Gasteiger partial charge in [-0.15, -0.1) is 0 Å². The molecule has 1 aromatic carbocycles. The second-order valence-corrected chi connectivity index (χ2v) is 5.13. The summed E-state index contributed by atoms with van der Waals surface area (Å²) in [7, 11) is 1.63. The van der Waals surface area contributed by atoms with E-state index in [1.54, 1.807) is 7.11 Å². The number of hydrogen-bond acceptors (Lipinski definition) is 3. The van der Waals surface area contributed by atoms with Crippen molar-refractivity contribution in [3.05, 3.63) is 53.3 Å². The van der Waals surface area contributed by atoms with Gasteiger partial charge >= 0.3 is 0 Å². The highest BCUT2D eigenvalue weighted by Gasteiger charge is 2.22. The quantitative estimate of drug-likeness (QED) is 0.852. The molecule has 2 atom stereocenters. The molecule has 0 saturated heterocycles. The van der Waals surface area contributed by atoms with E-state index >= 15 is 0 Å². The van der Waals surface area contributed by atoms with Gasteiger partial charge in [0.2, 0.25) is 0 Å². The average molecular weight is 288 g/mol. The average Bonchev–Trinajstić information content (AvgIpc) is 2.91. The lowest BCUT2D eigenvalue weighted by Crippen LogP contribution is -2.24. The van der Waals surface area contributed by atoms with Crippen molar-refractivity contribution in [1.82, 2.24) is 9.78 Å². The summed E-state index contributed by atoms with van der Waals surface area (Å²) in [4.78, 5) is 0. The Hall–Kier alpha value is -1.65. The molecule has 0 amide bonds. The molecule has 0 aliphatic carbocycles. The Morgan fingerprint density at radius 3 is 2.52 bits per heavy atom. The standard InChI is InChI=1S/C17H24N2O2/c1-4-14-11-15(19(5-2)18-14)12-16(20)17(21-3)13-9-7-6-8-10-13/h6-11,16-17,20H,4-5,12H2,1-3H3. The van der Waals surface area contributed by atoms with Crippen LogP contribution in [-0.4, -0.2) is 28.1 Å². The molecule has 0 aliphatic heterocycles. The summed E-state index contributed by atoms with van der Waals surface area (Å²) < 4.78 is 7.46. The largest absolute Gasteiger partial charge is 0.390 e. The molecular weight excluding hydrogens is 264 g/mol. The maximum absolute atomic E-state index is 10.6. The first-order valence-corrected chi connectivity index (χ1v) is 7.51. The van der Waals surface area contributed by atoms with Crippen molar-refractivity contribution in [2.45, 2.75) is 45.4 Å². The molecule has 0 spiro atoms. The van der Waals surface area contributed by atoms with Crippen LogP contribution >= 0.6 is 0 Å². The zero-order valence-corrected chi connectivity index (χ0v) is 13.0. The van der Waals surface area contributed by atoms with E-state index in [4.69, 9.17) is 4.74 Å². The van der Waals surface area contributed by atoms with Crippen molar-refractivity contribution >= 4 is 0 Å². The predicted octanol–water partition coefficient (Wildman–Crippen LogP) is 2.76. The molecule has 0 bridgehead atoms. The van der Waals surface area contributed by atoms with Gasteiger partial charge < -0.3 is 9.84 Å². The third-order valence-corrected chi connectivity index (χ3v) is 3.73. The molecule has 4 heteroatoms. The predicted molar refractivity (Wildman–Crippen MR) is 83.2 cm³/mol. The van der Waals surface area contributed by atoms with E-state index in [0.29, 0.717) is 6.42 Å². The van der Waals surface area contributed by atoms with Gasteiger partial charge in [0.25, 0.3) is 0 Å². The Labute approximate surface area is 126 Å². The lowest BCUT2D eigenvalue weighted by atomic mass is 10.0. The van der Waals surface area contributed by atoms with Crippen LogP contribution in [0.1, 0.15) is 36.9 Å². The molecule has 2 aromatic rings. The Kier molecular flexibility index (Phi) is 5.53. The van der Waals surface area contributed by atoms with Gasteiger partial charge in [0.1, 0.15) is 6.10 Å². The van der Waals surface area contributed by atoms with Gasteiger partial charge in [-0.25, -0.2) is 0 Å². The number of benzene rings is 1. The molecule has 1 aromatic heterocycles. The number of aliphatic hydroxyl groups is 1. The molecule has 0 aliphatic rings. The van der Waals surface area contributed by atoms with E-state index in [1.807, 2.05) is 35.0 Å². The van der Waals surface area contributed by atoms with Crippen LogP contribution in [0.15, 0.2) is 36.4 Å². The fourth-order valence-corrected chi connectivity index (χ4v) is 2.61. The van der Waals surface area contributed by atoms with Gasteiger partial charge in [-0.2, -0.15) is 5.10 Å². The lowest BCUT2D eigenvalue weighted by Gasteiger charge is -2.22. The number of nitrogens with zero attached hydrogens (tertiary/aromatic N) is 2. The minimum absolute atomic E-state index is 0.323. The van der Waals surface area contributed by atoms with Crippen LogP contribution in [0.5, 0.6) is 0 Å². The van der Waals surface area contributed by atoms with Crippen molar-refractivity contribution in [2.24, 2.45) is 0 Å². The molecule has 0 saturated carbocycles. The first-order valence-electron chi connectivity index (χ1n) is 7.51. The van der Waals surface area contributed by atoms with Crippen LogP contribution in [-0.2, 0) is 24.1 Å². The third-order valence-electron chi connectivity index (χ3n) is 3.73. The van der Waals surface area contributed by atoms with Crippen LogP contribution in [0.4, 0.5) is 0 Å². The Morgan fingerprint density at radius 1 is 1.24 bits per heavy atom. The van der Waals surface area contributed by atoms with Gasteiger partial charge in [-0.3, -0.25) is 4.68 Å². The van der Waals surface area contributed by atoms with Gasteiger partial charge in [0.15, 0.2) is 0 Å². The maximum atomic E-state index is 10.6. The summed E-state index contributed by atoms with van der Waals surface area (Å²) in [6.45, 7) is 4.96. The molecular formula is C17H24N2O2. The number of hydrogen-bond donors (Lipinski definition) is 1. The van der Waals surface area contributed by atoms with Crippen molar-refractivity contribution in [3.63, 3.8) is 0 Å². The number of methoxy groups -OCH3 is 1. The minimum atomic E-state index is -0.593. The molecule has 2 rings (SSSR count). The molecule has 0 fully saturated rings. The second-order valence-electron chi connectivity index (χ2n) is 5.13. The van der Waals surface area contributed by atoms with Gasteiger partial charge in [0.05, 0.1) is 11.8 Å². The first-order chi connectivity index (χ1) is 10.2. The Morgan fingerprint density at radius 2 is 1.95 bits per heavy atom. The van der Waals surface area contributed by atoms with Crippen LogP contribution in [0.3, 0.4) is 0 Å². The van der Waals surface area contributed by atoms with Crippen LogP contribution in [0, 0.1) is 0 Å². The fourth-order valence-electron chi connectivity index (χ4n) is 2.61. The fraction of sp³-hybridized carbons (Fsp3) is 0.471. The number of aryl methyl sites for hydroxylation is 2. The second kappa shape index (κ2) is 7.38. The molecule has 4 nitrogen and oxygen atoms in total. The number of aromatic nitrogens is 2. The van der Waals surface area contributed by atoms with Gasteiger partial charge in [0, 0.05) is 25.8 Å². The topological polar surface area (TPSA) is 47.3 Å². The molecule has 114 valence electrons. The summed E-state index contributed by atoms with van der Waals surface area (Å²) in [6.07, 6.45) is 0.525. The van der Waals surface area contributed by atoms with Gasteiger partial charge in [-0.05, 0) is 25.0 Å². The zero-order valence-electron chi connectivity index (χ0n) is 13.0. The van der Waals surface area contributed by atoms with Gasteiger partial charge in [-0.1, -0.05) is 37.3 Å². The highest BCUT2D eigenvalue weighted by atomic mass is 16.5.